The summed E-state index contributed by atoms with van der Waals surface area (Å²) in [5, 5.41) is 14.8. The molecule has 0 saturated carbocycles. The number of nitrogens with zero attached hydrogens (tertiary/aromatic N) is 2. The summed E-state index contributed by atoms with van der Waals surface area (Å²) in [6, 6.07) is 3.70. The Morgan fingerprint density at radius 1 is 1.40 bits per heavy atom. The number of rotatable bonds is 1. The van der Waals surface area contributed by atoms with Crippen LogP contribution in [0.2, 0.25) is 0 Å². The van der Waals surface area contributed by atoms with Crippen molar-refractivity contribution in [1.82, 2.24) is 0 Å². The van der Waals surface area contributed by atoms with E-state index in [9.17, 15) is 4.79 Å². The van der Waals surface area contributed by atoms with E-state index < -0.39 is 5.09 Å². The molecular formula is C8H11N3O4. The first-order valence-electron chi connectivity index (χ1n) is 3.97. The highest BCUT2D eigenvalue weighted by atomic mass is 16.9. The molecule has 1 amide bonds. The largest absolute Gasteiger partial charge is 0.356 e. The Morgan fingerprint density at radius 2 is 1.80 bits per heavy atom. The Bertz CT molecular complexity index is 324. The van der Waals surface area contributed by atoms with Crippen molar-refractivity contribution in [1.29, 1.82) is 0 Å². The second kappa shape index (κ2) is 6.30. The molecule has 0 atom stereocenters. The van der Waals surface area contributed by atoms with Gasteiger partial charge in [-0.1, -0.05) is 0 Å². The molecule has 1 aromatic heterocycles. The van der Waals surface area contributed by atoms with Gasteiger partial charge in [0.2, 0.25) is 5.91 Å². The Balaban J connectivity index is 0.000000423. The summed E-state index contributed by atoms with van der Waals surface area (Å²) in [5.41, 5.74) is 0.899. The molecule has 15 heavy (non-hydrogen) atoms. The van der Waals surface area contributed by atoms with Crippen LogP contribution in [0.1, 0.15) is 6.92 Å². The number of hydrogen-bond donors (Lipinski definition) is 0. The summed E-state index contributed by atoms with van der Waals surface area (Å²) in [6.07, 6.45) is 3.57. The van der Waals surface area contributed by atoms with Gasteiger partial charge in [0.05, 0.1) is 10.8 Å². The van der Waals surface area contributed by atoms with E-state index in [1.54, 1.807) is 24.3 Å². The molecule has 1 aromatic rings. The maximum absolute atomic E-state index is 10.9. The van der Waals surface area contributed by atoms with E-state index in [-0.39, 0.29) is 5.91 Å². The molecule has 82 valence electrons. The number of carbonyl (C=O) groups is 1. The van der Waals surface area contributed by atoms with Crippen molar-refractivity contribution in [2.75, 3.05) is 11.9 Å². The van der Waals surface area contributed by atoms with Crippen LogP contribution in [-0.2, 0) is 4.79 Å². The van der Waals surface area contributed by atoms with Crippen LogP contribution >= 0.6 is 0 Å². The molecule has 0 aliphatic carbocycles. The molecule has 1 rings (SSSR count). The molecule has 7 nitrogen and oxygen atoms in total. The molecule has 1 N–H and O–H groups in total. The van der Waals surface area contributed by atoms with Gasteiger partial charge in [0, 0.05) is 26.1 Å². The third kappa shape index (κ3) is 5.97. The van der Waals surface area contributed by atoms with Crippen LogP contribution in [0.15, 0.2) is 24.5 Å². The van der Waals surface area contributed by atoms with Gasteiger partial charge in [-0.2, -0.15) is 0 Å². The lowest BCUT2D eigenvalue weighted by atomic mass is 10.4. The minimum Gasteiger partial charge on any atom is -0.356 e. The number of amides is 1. The quantitative estimate of drug-likeness (QED) is 0.492. The van der Waals surface area contributed by atoms with Crippen LogP contribution in [-0.4, -0.2) is 18.0 Å². The normalized spacial score (nSPS) is 8.40. The van der Waals surface area contributed by atoms with Gasteiger partial charge in [0.15, 0.2) is 12.4 Å². The first kappa shape index (κ1) is 12.8. The van der Waals surface area contributed by atoms with Crippen molar-refractivity contribution in [2.45, 2.75) is 6.92 Å². The van der Waals surface area contributed by atoms with Crippen LogP contribution in [0.25, 0.3) is 0 Å². The number of nitrogens with one attached hydrogen (secondary N) is 1. The molecule has 0 saturated heterocycles. The SMILES string of the molecule is CC(=O)N(C)c1cc[nH+]cc1.O=[N+]([O-])[O-]. The zero-order valence-electron chi connectivity index (χ0n) is 8.34. The zero-order valence-corrected chi connectivity index (χ0v) is 8.34. The van der Waals surface area contributed by atoms with E-state index in [1.165, 1.54) is 6.92 Å². The average molecular weight is 213 g/mol. The van der Waals surface area contributed by atoms with E-state index in [0.29, 0.717) is 0 Å². The van der Waals surface area contributed by atoms with Crippen molar-refractivity contribution < 1.29 is 14.9 Å². The van der Waals surface area contributed by atoms with Crippen molar-refractivity contribution >= 4 is 11.6 Å². The fourth-order valence-corrected chi connectivity index (χ4v) is 0.784. The fourth-order valence-electron chi connectivity index (χ4n) is 0.784. The van der Waals surface area contributed by atoms with Gasteiger partial charge in [-0.3, -0.25) is 4.79 Å². The van der Waals surface area contributed by atoms with Crippen LogP contribution < -0.4 is 9.88 Å². The number of anilines is 1. The standard InChI is InChI=1S/C8H10N2O.NO3/c1-7(11)10(2)8-3-5-9-6-4-8;2-1(3)4/h3-6H,1-2H3;/q;-1/p+1. The number of carbonyl (C=O) groups excluding carboxylic acids is 1. The lowest BCUT2D eigenvalue weighted by Crippen LogP contribution is -2.23. The number of hydrogen-bond acceptors (Lipinski definition) is 4. The number of H-pyrrole nitrogens is 1. The van der Waals surface area contributed by atoms with Crippen molar-refractivity contribution in [3.63, 3.8) is 0 Å². The number of aromatic amines is 1. The van der Waals surface area contributed by atoms with Crippen molar-refractivity contribution in [2.24, 2.45) is 0 Å². The highest BCUT2D eigenvalue weighted by Crippen LogP contribution is 2.07. The molecule has 0 bridgehead atoms. The second-order valence-corrected chi connectivity index (χ2v) is 2.56. The molecular weight excluding hydrogens is 202 g/mol. The van der Waals surface area contributed by atoms with Gasteiger partial charge in [-0.15, -0.1) is 0 Å². The van der Waals surface area contributed by atoms with E-state index in [4.69, 9.17) is 15.3 Å². The minimum absolute atomic E-state index is 0.0381. The van der Waals surface area contributed by atoms with Crippen LogP contribution in [0.3, 0.4) is 0 Å². The van der Waals surface area contributed by atoms with Crippen LogP contribution in [0.5, 0.6) is 0 Å². The Morgan fingerprint density at radius 3 is 2.13 bits per heavy atom. The summed E-state index contributed by atoms with van der Waals surface area (Å²) in [4.78, 5) is 23.6. The lowest BCUT2D eigenvalue weighted by Gasteiger charge is -2.12. The summed E-state index contributed by atoms with van der Waals surface area (Å²) in [5.74, 6) is 0.0381. The topological polar surface area (TPSA) is 101 Å². The molecule has 0 aromatic carbocycles. The zero-order chi connectivity index (χ0) is 11.8. The number of pyridine rings is 1. The maximum atomic E-state index is 10.9. The molecule has 1 heterocycles. The van der Waals surface area contributed by atoms with Crippen molar-refractivity contribution in [3.05, 3.63) is 39.8 Å². The van der Waals surface area contributed by atoms with Crippen LogP contribution in [0.4, 0.5) is 5.69 Å². The monoisotopic (exact) mass is 213 g/mol. The molecule has 0 aliphatic heterocycles. The summed E-state index contributed by atoms with van der Waals surface area (Å²) >= 11 is 0. The van der Waals surface area contributed by atoms with Gasteiger partial charge in [0.1, 0.15) is 0 Å². The van der Waals surface area contributed by atoms with E-state index in [0.717, 1.165) is 5.69 Å². The maximum Gasteiger partial charge on any atom is 0.223 e. The molecule has 0 unspecified atom stereocenters. The van der Waals surface area contributed by atoms with Crippen LogP contribution in [0, 0.1) is 15.3 Å². The van der Waals surface area contributed by atoms with Gasteiger partial charge in [-0.25, -0.2) is 4.98 Å². The summed E-state index contributed by atoms with van der Waals surface area (Å²) < 4.78 is 0. The van der Waals surface area contributed by atoms with Gasteiger partial charge in [0.25, 0.3) is 0 Å². The van der Waals surface area contributed by atoms with Gasteiger partial charge >= 0.3 is 0 Å². The number of aromatic nitrogens is 1. The first-order valence-corrected chi connectivity index (χ1v) is 3.97. The average Bonchev–Trinajstić information content (AvgIpc) is 2.17. The molecule has 0 spiro atoms. The Kier molecular flexibility index (Phi) is 5.38. The second-order valence-electron chi connectivity index (χ2n) is 2.56. The van der Waals surface area contributed by atoms with Gasteiger partial charge < -0.3 is 20.2 Å². The third-order valence-electron chi connectivity index (χ3n) is 1.56. The summed E-state index contributed by atoms with van der Waals surface area (Å²) in [6.45, 7) is 1.54. The van der Waals surface area contributed by atoms with E-state index >= 15 is 0 Å². The lowest BCUT2D eigenvalue weighted by molar-refractivity contribution is -0.402. The van der Waals surface area contributed by atoms with E-state index in [1.807, 2.05) is 12.1 Å². The molecule has 7 heteroatoms. The highest BCUT2D eigenvalue weighted by molar-refractivity contribution is 5.90. The Labute approximate surface area is 86.1 Å². The smallest absolute Gasteiger partial charge is 0.223 e. The van der Waals surface area contributed by atoms with Crippen molar-refractivity contribution in [3.8, 4) is 0 Å². The van der Waals surface area contributed by atoms with E-state index in [2.05, 4.69) is 4.98 Å². The third-order valence-corrected chi connectivity index (χ3v) is 1.56. The highest BCUT2D eigenvalue weighted by Gasteiger charge is 2.04. The van der Waals surface area contributed by atoms with Gasteiger partial charge in [-0.05, 0) is 0 Å². The predicted molar refractivity (Wildman–Crippen MR) is 52.4 cm³/mol. The molecule has 0 fully saturated rings. The Hall–Kier alpha value is -2.18. The molecule has 0 aliphatic rings. The first-order chi connectivity index (χ1) is 6.95. The predicted octanol–water partition coefficient (Wildman–Crippen LogP) is 0.244. The molecule has 0 radical (unpaired) electrons. The summed E-state index contributed by atoms with van der Waals surface area (Å²) in [7, 11) is 1.75. The minimum atomic E-state index is -1.75. The fraction of sp³-hybridized carbons (Fsp3) is 0.250.